The number of aromatic nitrogens is 2. The molecule has 0 aliphatic heterocycles. The fourth-order valence-electron chi connectivity index (χ4n) is 2.35. The zero-order valence-electron chi connectivity index (χ0n) is 12.4. The van der Waals surface area contributed by atoms with Crippen molar-refractivity contribution in [3.8, 4) is 0 Å². The monoisotopic (exact) mass is 335 g/mol. The van der Waals surface area contributed by atoms with E-state index in [0.29, 0.717) is 11.8 Å². The normalized spacial score (nSPS) is 11.7. The lowest BCUT2D eigenvalue weighted by Crippen LogP contribution is -2.25. The Morgan fingerprint density at radius 2 is 1.92 bits per heavy atom. The molecule has 0 atom stereocenters. The molecular formula is C16H12F3N3O2. The Morgan fingerprint density at radius 1 is 1.17 bits per heavy atom. The van der Waals surface area contributed by atoms with Crippen LogP contribution in [0.2, 0.25) is 0 Å². The van der Waals surface area contributed by atoms with E-state index in [-0.39, 0.29) is 0 Å². The van der Waals surface area contributed by atoms with Gasteiger partial charge in [0.05, 0.1) is 5.69 Å². The summed E-state index contributed by atoms with van der Waals surface area (Å²) >= 11 is 0. The summed E-state index contributed by atoms with van der Waals surface area (Å²) in [5.41, 5.74) is -0.490. The molecule has 8 heteroatoms. The van der Waals surface area contributed by atoms with Crippen molar-refractivity contribution in [1.82, 2.24) is 9.97 Å². The Bertz CT molecular complexity index is 986. The molecule has 3 rings (SSSR count). The van der Waals surface area contributed by atoms with Crippen LogP contribution >= 0.6 is 0 Å². The molecule has 1 amide bonds. The van der Waals surface area contributed by atoms with Gasteiger partial charge >= 0.3 is 6.18 Å². The van der Waals surface area contributed by atoms with Gasteiger partial charge in [-0.3, -0.25) is 9.59 Å². The Hall–Kier alpha value is -3.03. The number of anilines is 1. The molecule has 3 aromatic rings. The van der Waals surface area contributed by atoms with Crippen molar-refractivity contribution in [3.05, 3.63) is 63.7 Å². The lowest BCUT2D eigenvalue weighted by Gasteiger charge is -2.07. The van der Waals surface area contributed by atoms with E-state index < -0.39 is 28.9 Å². The third kappa shape index (κ3) is 2.90. The van der Waals surface area contributed by atoms with Crippen molar-refractivity contribution in [3.63, 3.8) is 0 Å². The molecule has 0 radical (unpaired) electrons. The Labute approximate surface area is 133 Å². The maximum Gasteiger partial charge on any atom is 0.431 e. The summed E-state index contributed by atoms with van der Waals surface area (Å²) in [7, 11) is 0. The Morgan fingerprint density at radius 3 is 2.58 bits per heavy atom. The number of H-pyrrole nitrogens is 2. The van der Waals surface area contributed by atoms with Crippen LogP contribution in [0.15, 0.2) is 41.3 Å². The largest absolute Gasteiger partial charge is 0.431 e. The van der Waals surface area contributed by atoms with Gasteiger partial charge in [0.1, 0.15) is 11.3 Å². The summed E-state index contributed by atoms with van der Waals surface area (Å²) in [6, 6.07) is 7.10. The number of aromatic amines is 2. The van der Waals surface area contributed by atoms with E-state index in [4.69, 9.17) is 0 Å². The predicted molar refractivity (Wildman–Crippen MR) is 83.1 cm³/mol. The van der Waals surface area contributed by atoms with Crippen LogP contribution < -0.4 is 10.9 Å². The van der Waals surface area contributed by atoms with Gasteiger partial charge in [0.25, 0.3) is 11.5 Å². The van der Waals surface area contributed by atoms with Gasteiger partial charge in [-0.05, 0) is 31.2 Å². The van der Waals surface area contributed by atoms with Crippen molar-refractivity contribution < 1.29 is 18.0 Å². The molecule has 0 saturated carbocycles. The van der Waals surface area contributed by atoms with Crippen LogP contribution in [-0.2, 0) is 6.18 Å². The topological polar surface area (TPSA) is 77.8 Å². The first kappa shape index (κ1) is 15.9. The van der Waals surface area contributed by atoms with Gasteiger partial charge in [-0.1, -0.05) is 11.6 Å². The third-order valence-corrected chi connectivity index (χ3v) is 3.54. The fourth-order valence-corrected chi connectivity index (χ4v) is 2.35. The first-order chi connectivity index (χ1) is 11.3. The number of rotatable bonds is 2. The minimum Gasteiger partial charge on any atom is -0.359 e. The van der Waals surface area contributed by atoms with Crippen molar-refractivity contribution in [2.24, 2.45) is 0 Å². The van der Waals surface area contributed by atoms with E-state index in [1.54, 1.807) is 11.2 Å². The van der Waals surface area contributed by atoms with Crippen molar-refractivity contribution in [1.29, 1.82) is 0 Å². The van der Waals surface area contributed by atoms with Crippen LogP contribution in [-0.4, -0.2) is 15.9 Å². The van der Waals surface area contributed by atoms with Crippen LogP contribution in [0.5, 0.6) is 0 Å². The molecule has 124 valence electrons. The number of hydrogen-bond acceptors (Lipinski definition) is 2. The van der Waals surface area contributed by atoms with Crippen molar-refractivity contribution >= 4 is 22.5 Å². The van der Waals surface area contributed by atoms with Crippen molar-refractivity contribution in [2.45, 2.75) is 13.1 Å². The van der Waals surface area contributed by atoms with Gasteiger partial charge in [0.15, 0.2) is 0 Å². The molecular weight excluding hydrogens is 323 g/mol. The number of fused-ring (bicyclic) bond motifs is 1. The third-order valence-electron chi connectivity index (χ3n) is 3.54. The van der Waals surface area contributed by atoms with Gasteiger partial charge in [0.2, 0.25) is 0 Å². The highest BCUT2D eigenvalue weighted by molar-refractivity contribution is 6.08. The highest BCUT2D eigenvalue weighted by Crippen LogP contribution is 2.27. The molecule has 0 bridgehead atoms. The first-order valence-electron chi connectivity index (χ1n) is 6.95. The number of hydrogen-bond donors (Lipinski definition) is 3. The van der Waals surface area contributed by atoms with Gasteiger partial charge in [-0.2, -0.15) is 13.2 Å². The number of nitrogens with one attached hydrogen (secondary N) is 3. The zero-order valence-corrected chi connectivity index (χ0v) is 12.4. The van der Waals surface area contributed by atoms with Gasteiger partial charge in [-0.15, -0.1) is 0 Å². The zero-order chi connectivity index (χ0) is 17.5. The number of carbonyl (C=O) groups is 1. The second-order valence-electron chi connectivity index (χ2n) is 5.32. The number of carbonyl (C=O) groups excluding carboxylic acids is 1. The predicted octanol–water partition coefficient (Wildman–Crippen LogP) is 3.44. The lowest BCUT2D eigenvalue weighted by atomic mass is 10.1. The van der Waals surface area contributed by atoms with Crippen LogP contribution in [0.3, 0.4) is 0 Å². The van der Waals surface area contributed by atoms with E-state index in [9.17, 15) is 22.8 Å². The molecule has 3 N–H and O–H groups in total. The number of alkyl halides is 3. The molecule has 1 aromatic carbocycles. The molecule has 24 heavy (non-hydrogen) atoms. The molecule has 5 nitrogen and oxygen atoms in total. The maximum atomic E-state index is 12.5. The van der Waals surface area contributed by atoms with Gasteiger partial charge in [-0.25, -0.2) is 0 Å². The minimum atomic E-state index is -4.68. The number of halogens is 3. The maximum absolute atomic E-state index is 12.5. The van der Waals surface area contributed by atoms with Crippen molar-refractivity contribution in [2.75, 3.05) is 5.32 Å². The summed E-state index contributed by atoms with van der Waals surface area (Å²) < 4.78 is 37.6. The summed E-state index contributed by atoms with van der Waals surface area (Å²) in [6.45, 7) is 1.89. The smallest absolute Gasteiger partial charge is 0.359 e. The number of pyridine rings is 1. The molecule has 0 aliphatic carbocycles. The first-order valence-corrected chi connectivity index (χ1v) is 6.95. The van der Waals surface area contributed by atoms with Crippen LogP contribution in [0.1, 0.15) is 21.6 Å². The summed E-state index contributed by atoms with van der Waals surface area (Å²) in [6.07, 6.45) is -3.12. The molecule has 0 fully saturated rings. The SMILES string of the molecule is Cc1ccc2[nH]cc(NC(=O)c3ccc(C(F)(F)F)[nH]c3=O)c2c1. The molecule has 0 unspecified atom stereocenters. The average molecular weight is 335 g/mol. The van der Waals surface area contributed by atoms with E-state index in [1.165, 1.54) is 0 Å². The molecule has 2 aromatic heterocycles. The highest BCUT2D eigenvalue weighted by atomic mass is 19.4. The molecule has 0 spiro atoms. The number of aryl methyl sites for hydroxylation is 1. The van der Waals surface area contributed by atoms with Crippen LogP contribution in [0.4, 0.5) is 18.9 Å². The fraction of sp³-hybridized carbons (Fsp3) is 0.125. The number of benzene rings is 1. The van der Waals surface area contributed by atoms with E-state index in [0.717, 1.165) is 22.5 Å². The average Bonchev–Trinajstić information content (AvgIpc) is 2.88. The minimum absolute atomic E-state index is 0.398. The molecule has 0 aliphatic rings. The van der Waals surface area contributed by atoms with Crippen LogP contribution in [0, 0.1) is 6.92 Å². The second-order valence-corrected chi connectivity index (χ2v) is 5.32. The highest BCUT2D eigenvalue weighted by Gasteiger charge is 2.32. The summed E-state index contributed by atoms with van der Waals surface area (Å²) in [5.74, 6) is -0.785. The Kier molecular flexibility index (Phi) is 3.67. The standard InChI is InChI=1S/C16H12F3N3O2/c1-8-2-4-11-10(6-8)12(7-20-11)21-14(23)9-3-5-13(16(17,18)19)22-15(9)24/h2-7,20H,1H3,(H,21,23)(H,22,24). The van der Waals surface area contributed by atoms with E-state index >= 15 is 0 Å². The quantitative estimate of drug-likeness (QED) is 0.671. The number of amides is 1. The molecule has 2 heterocycles. The molecule has 0 saturated heterocycles. The Balaban J connectivity index is 1.92. The van der Waals surface area contributed by atoms with Gasteiger partial charge in [0, 0.05) is 17.1 Å². The lowest BCUT2D eigenvalue weighted by molar-refractivity contribution is -0.141. The second kappa shape index (κ2) is 5.55. The van der Waals surface area contributed by atoms with Gasteiger partial charge < -0.3 is 15.3 Å². The van der Waals surface area contributed by atoms with E-state index in [1.807, 2.05) is 25.1 Å². The summed E-state index contributed by atoms with van der Waals surface area (Å²) in [4.78, 5) is 28.6. The van der Waals surface area contributed by atoms with Crippen LogP contribution in [0.25, 0.3) is 10.9 Å². The summed E-state index contributed by atoms with van der Waals surface area (Å²) in [5, 5.41) is 3.28. The van der Waals surface area contributed by atoms with E-state index in [2.05, 4.69) is 10.3 Å².